The SMILES string of the molecule is CCCCCC(CO)Cc1ccc(C)cc1. The quantitative estimate of drug-likeness (QED) is 0.694. The van der Waals surface area contributed by atoms with Crippen LogP contribution in [-0.4, -0.2) is 11.7 Å². The molecule has 1 atom stereocenters. The van der Waals surface area contributed by atoms with Crippen molar-refractivity contribution in [3.63, 3.8) is 0 Å². The Kier molecular flexibility index (Phi) is 6.17. The first-order valence-electron chi connectivity index (χ1n) is 6.42. The van der Waals surface area contributed by atoms with Gasteiger partial charge in [0.25, 0.3) is 0 Å². The number of unbranched alkanes of at least 4 members (excludes halogenated alkanes) is 2. The number of benzene rings is 1. The lowest BCUT2D eigenvalue weighted by molar-refractivity contribution is 0.215. The minimum atomic E-state index is 0.317. The molecule has 1 unspecified atom stereocenters. The molecule has 0 bridgehead atoms. The van der Waals surface area contributed by atoms with Gasteiger partial charge in [-0.25, -0.2) is 0 Å². The maximum Gasteiger partial charge on any atom is 0.0462 e. The van der Waals surface area contributed by atoms with Crippen molar-refractivity contribution in [2.24, 2.45) is 5.92 Å². The van der Waals surface area contributed by atoms with Gasteiger partial charge in [-0.2, -0.15) is 0 Å². The third-order valence-corrected chi connectivity index (χ3v) is 3.12. The zero-order valence-corrected chi connectivity index (χ0v) is 10.6. The topological polar surface area (TPSA) is 20.2 Å². The van der Waals surface area contributed by atoms with Gasteiger partial charge in [0.2, 0.25) is 0 Å². The van der Waals surface area contributed by atoms with E-state index in [1.165, 1.54) is 30.4 Å². The maximum absolute atomic E-state index is 9.34. The summed E-state index contributed by atoms with van der Waals surface area (Å²) in [6.45, 7) is 4.64. The smallest absolute Gasteiger partial charge is 0.0462 e. The van der Waals surface area contributed by atoms with Crippen molar-refractivity contribution in [1.82, 2.24) is 0 Å². The Morgan fingerprint density at radius 2 is 1.81 bits per heavy atom. The zero-order valence-electron chi connectivity index (χ0n) is 10.6. The van der Waals surface area contributed by atoms with E-state index in [-0.39, 0.29) is 0 Å². The first kappa shape index (κ1) is 13.2. The van der Waals surface area contributed by atoms with Crippen molar-refractivity contribution >= 4 is 0 Å². The number of hydrogen-bond acceptors (Lipinski definition) is 1. The van der Waals surface area contributed by atoms with Crippen LogP contribution in [0.4, 0.5) is 0 Å². The lowest BCUT2D eigenvalue weighted by Gasteiger charge is -2.13. The third kappa shape index (κ3) is 4.80. The van der Waals surface area contributed by atoms with Crippen LogP contribution >= 0.6 is 0 Å². The minimum absolute atomic E-state index is 0.317. The zero-order chi connectivity index (χ0) is 11.8. The summed E-state index contributed by atoms with van der Waals surface area (Å²) in [6.07, 6.45) is 5.94. The summed E-state index contributed by atoms with van der Waals surface area (Å²) in [4.78, 5) is 0. The van der Waals surface area contributed by atoms with Gasteiger partial charge in [-0.1, -0.05) is 56.0 Å². The highest BCUT2D eigenvalue weighted by molar-refractivity contribution is 5.21. The van der Waals surface area contributed by atoms with Crippen LogP contribution in [-0.2, 0) is 6.42 Å². The summed E-state index contributed by atoms with van der Waals surface area (Å²) in [7, 11) is 0. The van der Waals surface area contributed by atoms with Crippen molar-refractivity contribution in [2.75, 3.05) is 6.61 Å². The van der Waals surface area contributed by atoms with Crippen LogP contribution in [0.25, 0.3) is 0 Å². The van der Waals surface area contributed by atoms with Crippen molar-refractivity contribution in [3.8, 4) is 0 Å². The average molecular weight is 220 g/mol. The Hall–Kier alpha value is -0.820. The molecule has 0 spiro atoms. The molecule has 0 heterocycles. The van der Waals surface area contributed by atoms with E-state index in [1.807, 2.05) is 0 Å². The number of aryl methyl sites for hydroxylation is 1. The highest BCUT2D eigenvalue weighted by Crippen LogP contribution is 2.16. The van der Waals surface area contributed by atoms with Gasteiger partial charge in [0.1, 0.15) is 0 Å². The molecular formula is C15H24O. The van der Waals surface area contributed by atoms with Crippen molar-refractivity contribution < 1.29 is 5.11 Å². The largest absolute Gasteiger partial charge is 0.396 e. The lowest BCUT2D eigenvalue weighted by atomic mass is 9.94. The van der Waals surface area contributed by atoms with Crippen molar-refractivity contribution in [2.45, 2.75) is 46.0 Å². The van der Waals surface area contributed by atoms with E-state index in [4.69, 9.17) is 0 Å². The molecule has 0 saturated heterocycles. The van der Waals surface area contributed by atoms with Gasteiger partial charge in [-0.3, -0.25) is 0 Å². The first-order valence-corrected chi connectivity index (χ1v) is 6.42. The Labute approximate surface area is 99.5 Å². The Bertz CT molecular complexity index is 276. The highest BCUT2D eigenvalue weighted by Gasteiger charge is 2.07. The van der Waals surface area contributed by atoms with Gasteiger partial charge in [0.05, 0.1) is 0 Å². The molecule has 1 heteroatoms. The molecule has 0 radical (unpaired) electrons. The molecule has 1 nitrogen and oxygen atoms in total. The van der Waals surface area contributed by atoms with Crippen LogP contribution in [0.1, 0.15) is 43.7 Å². The van der Waals surface area contributed by atoms with Crippen molar-refractivity contribution in [3.05, 3.63) is 35.4 Å². The predicted molar refractivity (Wildman–Crippen MR) is 69.6 cm³/mol. The fourth-order valence-electron chi connectivity index (χ4n) is 2.00. The minimum Gasteiger partial charge on any atom is -0.396 e. The molecule has 16 heavy (non-hydrogen) atoms. The summed E-state index contributed by atoms with van der Waals surface area (Å²) >= 11 is 0. The molecule has 0 aliphatic rings. The Morgan fingerprint density at radius 3 is 2.38 bits per heavy atom. The van der Waals surface area contributed by atoms with Crippen LogP contribution in [0, 0.1) is 12.8 Å². The molecule has 0 amide bonds. The van der Waals surface area contributed by atoms with Gasteiger partial charge in [-0.05, 0) is 31.2 Å². The predicted octanol–water partition coefficient (Wildman–Crippen LogP) is 3.73. The normalized spacial score (nSPS) is 12.7. The third-order valence-electron chi connectivity index (χ3n) is 3.12. The van der Waals surface area contributed by atoms with Crippen LogP contribution in [0.2, 0.25) is 0 Å². The molecule has 1 aromatic carbocycles. The highest BCUT2D eigenvalue weighted by atomic mass is 16.3. The number of rotatable bonds is 7. The number of aliphatic hydroxyl groups is 1. The van der Waals surface area contributed by atoms with Crippen molar-refractivity contribution in [1.29, 1.82) is 0 Å². The van der Waals surface area contributed by atoms with E-state index in [9.17, 15) is 5.11 Å². The lowest BCUT2D eigenvalue weighted by Crippen LogP contribution is -2.09. The average Bonchev–Trinajstić information content (AvgIpc) is 2.31. The van der Waals surface area contributed by atoms with E-state index in [1.54, 1.807) is 0 Å². The van der Waals surface area contributed by atoms with Crippen LogP contribution in [0.3, 0.4) is 0 Å². The second-order valence-corrected chi connectivity index (χ2v) is 4.73. The summed E-state index contributed by atoms with van der Waals surface area (Å²) in [5.41, 5.74) is 2.65. The molecule has 90 valence electrons. The second-order valence-electron chi connectivity index (χ2n) is 4.73. The van der Waals surface area contributed by atoms with E-state index >= 15 is 0 Å². The Balaban J connectivity index is 2.40. The summed E-state index contributed by atoms with van der Waals surface area (Å²) in [6, 6.07) is 8.65. The molecule has 0 aliphatic heterocycles. The van der Waals surface area contributed by atoms with Gasteiger partial charge in [-0.15, -0.1) is 0 Å². The van der Waals surface area contributed by atoms with Crippen LogP contribution in [0.5, 0.6) is 0 Å². The first-order chi connectivity index (χ1) is 7.76. The van der Waals surface area contributed by atoms with E-state index < -0.39 is 0 Å². The fourth-order valence-corrected chi connectivity index (χ4v) is 2.00. The summed E-state index contributed by atoms with van der Waals surface area (Å²) in [5.74, 6) is 0.439. The monoisotopic (exact) mass is 220 g/mol. The molecular weight excluding hydrogens is 196 g/mol. The number of hydrogen-bond donors (Lipinski definition) is 1. The standard InChI is InChI=1S/C15H24O/c1-3-4-5-6-15(12-16)11-14-9-7-13(2)8-10-14/h7-10,15-16H,3-6,11-12H2,1-2H3. The van der Waals surface area contributed by atoms with Gasteiger partial charge in [0.15, 0.2) is 0 Å². The Morgan fingerprint density at radius 1 is 1.12 bits per heavy atom. The molecule has 1 N–H and O–H groups in total. The van der Waals surface area contributed by atoms with E-state index in [2.05, 4.69) is 38.1 Å². The summed E-state index contributed by atoms with van der Waals surface area (Å²) < 4.78 is 0. The summed E-state index contributed by atoms with van der Waals surface area (Å²) in [5, 5.41) is 9.34. The molecule has 0 aliphatic carbocycles. The molecule has 1 rings (SSSR count). The maximum atomic E-state index is 9.34. The molecule has 0 fully saturated rings. The van der Waals surface area contributed by atoms with E-state index in [0.717, 1.165) is 12.8 Å². The van der Waals surface area contributed by atoms with Gasteiger partial charge >= 0.3 is 0 Å². The fraction of sp³-hybridized carbons (Fsp3) is 0.600. The van der Waals surface area contributed by atoms with Crippen LogP contribution in [0.15, 0.2) is 24.3 Å². The van der Waals surface area contributed by atoms with Crippen LogP contribution < -0.4 is 0 Å². The van der Waals surface area contributed by atoms with E-state index in [0.29, 0.717) is 12.5 Å². The molecule has 0 saturated carbocycles. The second kappa shape index (κ2) is 7.45. The van der Waals surface area contributed by atoms with Gasteiger partial charge < -0.3 is 5.11 Å². The van der Waals surface area contributed by atoms with Gasteiger partial charge in [0, 0.05) is 6.61 Å². The number of aliphatic hydroxyl groups excluding tert-OH is 1. The molecule has 0 aromatic heterocycles. The molecule has 1 aromatic rings.